The number of carboxylic acids is 1. The molecule has 1 aromatic rings. The van der Waals surface area contributed by atoms with Crippen molar-refractivity contribution in [3.8, 4) is 0 Å². The number of hydrogen-bond donors (Lipinski definition) is 1. The molecular weight excluding hydrogens is 332 g/mol. The van der Waals surface area contributed by atoms with Gasteiger partial charge in [-0.15, -0.1) is 0 Å². The van der Waals surface area contributed by atoms with Crippen molar-refractivity contribution in [2.24, 2.45) is 0 Å². The Labute approximate surface area is 131 Å². The number of aromatic carboxylic acids is 1. The molecule has 0 aromatic heterocycles. The molecule has 9 heteroatoms. The van der Waals surface area contributed by atoms with Gasteiger partial charge >= 0.3 is 11.7 Å². The van der Waals surface area contributed by atoms with Gasteiger partial charge in [-0.25, -0.2) is 13.2 Å². The maximum absolute atomic E-state index is 12.5. The lowest BCUT2D eigenvalue weighted by Gasteiger charge is -2.31. The molecule has 1 aliphatic rings. The third kappa shape index (κ3) is 3.66. The Balaban J connectivity index is 2.02. The summed E-state index contributed by atoms with van der Waals surface area (Å²) in [6, 6.07) is 5.33. The molecule has 0 spiro atoms. The largest absolute Gasteiger partial charge is 0.478 e. The second-order valence-corrected chi connectivity index (χ2v) is 7.42. The highest BCUT2D eigenvalue weighted by Gasteiger charge is 2.37. The highest BCUT2D eigenvalue weighted by atomic mass is 32.2. The van der Waals surface area contributed by atoms with Gasteiger partial charge in [-0.3, -0.25) is 4.79 Å². The predicted octanol–water partition coefficient (Wildman–Crippen LogP) is 1.63. The highest BCUT2D eigenvalue weighted by Crippen LogP contribution is 2.24. The first-order valence-corrected chi connectivity index (χ1v) is 8.48. The molecule has 0 bridgehead atoms. The number of carbonyl (C=O) groups is 2. The standard InChI is InChI=1S/C14H15F2NO5S/c15-14(16)23(21,22)11-5-7-17(8-6-11)12(18)9-1-3-10(4-2-9)13(19)20/h1-4,11,14H,5-8H2,(H,19,20). The Kier molecular flexibility index (Phi) is 4.98. The topological polar surface area (TPSA) is 91.8 Å². The minimum Gasteiger partial charge on any atom is -0.478 e. The molecule has 1 heterocycles. The lowest BCUT2D eigenvalue weighted by molar-refractivity contribution is 0.0691. The summed E-state index contributed by atoms with van der Waals surface area (Å²) in [6.07, 6.45) is -0.0722. The number of hydrogen-bond acceptors (Lipinski definition) is 4. The van der Waals surface area contributed by atoms with Crippen LogP contribution >= 0.6 is 0 Å². The second-order valence-electron chi connectivity index (χ2n) is 5.22. The van der Waals surface area contributed by atoms with E-state index in [-0.39, 0.29) is 43.0 Å². The molecule has 0 radical (unpaired) electrons. The van der Waals surface area contributed by atoms with Crippen molar-refractivity contribution in [3.05, 3.63) is 35.4 Å². The van der Waals surface area contributed by atoms with Crippen LogP contribution in [0.25, 0.3) is 0 Å². The molecule has 0 aliphatic carbocycles. The van der Waals surface area contributed by atoms with Crippen molar-refractivity contribution in [1.29, 1.82) is 0 Å². The van der Waals surface area contributed by atoms with E-state index in [0.717, 1.165) is 0 Å². The van der Waals surface area contributed by atoms with Crippen molar-refractivity contribution in [2.45, 2.75) is 23.8 Å². The summed E-state index contributed by atoms with van der Waals surface area (Å²) < 4.78 is 47.9. The van der Waals surface area contributed by atoms with Gasteiger partial charge < -0.3 is 10.0 Å². The number of halogens is 2. The molecule has 1 aromatic carbocycles. The molecule has 1 amide bonds. The number of rotatable bonds is 4. The van der Waals surface area contributed by atoms with Crippen LogP contribution in [0.3, 0.4) is 0 Å². The van der Waals surface area contributed by atoms with Crippen LogP contribution in [0.2, 0.25) is 0 Å². The summed E-state index contributed by atoms with van der Waals surface area (Å²) in [7, 11) is -4.47. The number of carboxylic acid groups (broad SMARTS) is 1. The average Bonchev–Trinajstić information content (AvgIpc) is 2.54. The smallest absolute Gasteiger partial charge is 0.337 e. The van der Waals surface area contributed by atoms with E-state index in [9.17, 15) is 26.8 Å². The van der Waals surface area contributed by atoms with Crippen molar-refractivity contribution in [1.82, 2.24) is 4.90 Å². The maximum Gasteiger partial charge on any atom is 0.337 e. The summed E-state index contributed by atoms with van der Waals surface area (Å²) in [5.41, 5.74) is 0.313. The molecule has 1 N–H and O–H groups in total. The lowest BCUT2D eigenvalue weighted by atomic mass is 10.1. The fourth-order valence-corrected chi connectivity index (χ4v) is 3.63. The summed E-state index contributed by atoms with van der Waals surface area (Å²) in [6.45, 7) is 0.131. The van der Waals surface area contributed by atoms with Crippen LogP contribution in [0.4, 0.5) is 8.78 Å². The first-order chi connectivity index (χ1) is 10.7. The maximum atomic E-state index is 12.5. The van der Waals surface area contributed by atoms with Crippen molar-refractivity contribution >= 4 is 21.7 Å². The molecule has 0 saturated carbocycles. The molecule has 6 nitrogen and oxygen atoms in total. The van der Waals surface area contributed by atoms with Gasteiger partial charge in [0.15, 0.2) is 0 Å². The normalized spacial score (nSPS) is 16.6. The van der Waals surface area contributed by atoms with Crippen molar-refractivity contribution in [2.75, 3.05) is 13.1 Å². The van der Waals surface area contributed by atoms with Crippen LogP contribution in [0.5, 0.6) is 0 Å². The van der Waals surface area contributed by atoms with E-state index < -0.39 is 26.8 Å². The third-order valence-electron chi connectivity index (χ3n) is 3.82. The number of alkyl halides is 2. The first-order valence-electron chi connectivity index (χ1n) is 6.87. The molecule has 0 atom stereocenters. The molecule has 1 saturated heterocycles. The van der Waals surface area contributed by atoms with Gasteiger partial charge in [0.05, 0.1) is 10.8 Å². The fraction of sp³-hybridized carbons (Fsp3) is 0.429. The van der Waals surface area contributed by atoms with Gasteiger partial charge in [0.1, 0.15) is 0 Å². The molecule has 1 aliphatic heterocycles. The first kappa shape index (κ1) is 17.3. The summed E-state index contributed by atoms with van der Waals surface area (Å²) in [4.78, 5) is 24.4. The summed E-state index contributed by atoms with van der Waals surface area (Å²) in [5, 5.41) is 7.66. The van der Waals surface area contributed by atoms with E-state index >= 15 is 0 Å². The monoisotopic (exact) mass is 347 g/mol. The zero-order valence-electron chi connectivity index (χ0n) is 12.0. The third-order valence-corrected chi connectivity index (χ3v) is 5.72. The van der Waals surface area contributed by atoms with E-state index in [0.29, 0.717) is 0 Å². The van der Waals surface area contributed by atoms with E-state index in [2.05, 4.69) is 0 Å². The van der Waals surface area contributed by atoms with E-state index in [1.807, 2.05) is 0 Å². The highest BCUT2D eigenvalue weighted by molar-refractivity contribution is 7.92. The number of benzene rings is 1. The second kappa shape index (κ2) is 6.61. The molecule has 23 heavy (non-hydrogen) atoms. The van der Waals surface area contributed by atoms with E-state index in [4.69, 9.17) is 5.11 Å². The number of nitrogens with zero attached hydrogens (tertiary/aromatic N) is 1. The summed E-state index contributed by atoms with van der Waals surface area (Å²) in [5.74, 6) is -4.89. The van der Waals surface area contributed by atoms with Gasteiger partial charge in [-0.2, -0.15) is 8.78 Å². The number of piperidine rings is 1. The van der Waals surface area contributed by atoms with Crippen molar-refractivity contribution in [3.63, 3.8) is 0 Å². The Hall–Kier alpha value is -2.03. The SMILES string of the molecule is O=C(O)c1ccc(C(=O)N2CCC(S(=O)(=O)C(F)F)CC2)cc1. The number of amides is 1. The number of sulfone groups is 1. The Morgan fingerprint density at radius 3 is 2.00 bits per heavy atom. The molecule has 2 rings (SSSR count). The zero-order valence-corrected chi connectivity index (χ0v) is 12.8. The van der Waals surface area contributed by atoms with E-state index in [1.54, 1.807) is 0 Å². The minimum absolute atomic E-state index is 0.0361. The van der Waals surface area contributed by atoms with Crippen LogP contribution in [0, 0.1) is 0 Å². The zero-order chi connectivity index (χ0) is 17.2. The Morgan fingerprint density at radius 1 is 1.09 bits per heavy atom. The molecule has 1 fully saturated rings. The van der Waals surface area contributed by atoms with Crippen LogP contribution in [0.1, 0.15) is 33.6 Å². The Morgan fingerprint density at radius 2 is 1.57 bits per heavy atom. The Bertz CT molecular complexity index is 694. The van der Waals surface area contributed by atoms with Gasteiger partial charge in [0, 0.05) is 18.7 Å². The lowest BCUT2D eigenvalue weighted by Crippen LogP contribution is -2.43. The quantitative estimate of drug-likeness (QED) is 0.894. The minimum atomic E-state index is -4.47. The average molecular weight is 347 g/mol. The fourth-order valence-electron chi connectivity index (χ4n) is 2.47. The van der Waals surface area contributed by atoms with Gasteiger partial charge in [0.2, 0.25) is 9.84 Å². The number of likely N-dealkylation sites (tertiary alicyclic amines) is 1. The van der Waals surface area contributed by atoms with Gasteiger partial charge in [0.25, 0.3) is 5.91 Å². The molecular formula is C14H15F2NO5S. The molecule has 0 unspecified atom stereocenters. The molecule has 126 valence electrons. The van der Waals surface area contributed by atoms with E-state index in [1.165, 1.54) is 29.2 Å². The van der Waals surface area contributed by atoms with Crippen LogP contribution in [-0.2, 0) is 9.84 Å². The predicted molar refractivity (Wildman–Crippen MR) is 77.3 cm³/mol. The van der Waals surface area contributed by atoms with Gasteiger partial charge in [-0.05, 0) is 37.1 Å². The van der Waals surface area contributed by atoms with Crippen LogP contribution in [0.15, 0.2) is 24.3 Å². The van der Waals surface area contributed by atoms with Crippen LogP contribution < -0.4 is 0 Å². The van der Waals surface area contributed by atoms with Crippen molar-refractivity contribution < 1.29 is 31.9 Å². The summed E-state index contributed by atoms with van der Waals surface area (Å²) >= 11 is 0. The van der Waals surface area contributed by atoms with Crippen LogP contribution in [-0.4, -0.2) is 54.4 Å². The van der Waals surface area contributed by atoms with Gasteiger partial charge in [-0.1, -0.05) is 0 Å². The number of carbonyl (C=O) groups excluding carboxylic acids is 1.